The van der Waals surface area contributed by atoms with E-state index in [0.717, 1.165) is 19.3 Å². The van der Waals surface area contributed by atoms with Crippen LogP contribution in [0.5, 0.6) is 0 Å². The smallest absolute Gasteiger partial charge is 0.317 e. The Balaban J connectivity index is 2.54. The fourth-order valence-corrected chi connectivity index (χ4v) is 2.36. The van der Waals surface area contributed by atoms with Gasteiger partial charge in [-0.05, 0) is 39.4 Å². The maximum absolute atomic E-state index is 12.2. The number of carboxylic acids is 1. The number of nitrogens with zero attached hydrogens (tertiary/aromatic N) is 1. The van der Waals surface area contributed by atoms with Crippen LogP contribution in [-0.4, -0.2) is 52.1 Å². The summed E-state index contributed by atoms with van der Waals surface area (Å²) in [7, 11) is 0. The Morgan fingerprint density at radius 1 is 1.42 bits per heavy atom. The summed E-state index contributed by atoms with van der Waals surface area (Å²) in [6, 6.07) is -0.295. The molecular formula is C13H24N2O3S. The van der Waals surface area contributed by atoms with Gasteiger partial charge in [-0.25, -0.2) is 4.79 Å². The Kier molecular flexibility index (Phi) is 5.97. The van der Waals surface area contributed by atoms with E-state index in [-0.39, 0.29) is 23.2 Å². The van der Waals surface area contributed by atoms with E-state index in [1.807, 2.05) is 6.26 Å². The van der Waals surface area contributed by atoms with Crippen LogP contribution in [0.25, 0.3) is 0 Å². The molecule has 5 nitrogen and oxygen atoms in total. The molecule has 0 spiro atoms. The van der Waals surface area contributed by atoms with Crippen LogP contribution < -0.4 is 5.32 Å². The summed E-state index contributed by atoms with van der Waals surface area (Å²) in [6.07, 6.45) is 4.79. The summed E-state index contributed by atoms with van der Waals surface area (Å²) in [6.45, 7) is 5.39. The van der Waals surface area contributed by atoms with Gasteiger partial charge in [-0.3, -0.25) is 4.79 Å². The molecule has 110 valence electrons. The molecule has 0 bridgehead atoms. The van der Waals surface area contributed by atoms with Gasteiger partial charge >= 0.3 is 12.0 Å². The van der Waals surface area contributed by atoms with Crippen molar-refractivity contribution in [3.05, 3.63) is 0 Å². The first-order valence-electron chi connectivity index (χ1n) is 6.67. The molecule has 0 aromatic heterocycles. The number of likely N-dealkylation sites (tertiary alicyclic amines) is 1. The number of carbonyl (C=O) groups excluding carboxylic acids is 1. The normalized spacial score (nSPS) is 20.2. The summed E-state index contributed by atoms with van der Waals surface area (Å²) < 4.78 is -0.00621. The van der Waals surface area contributed by atoms with E-state index in [4.69, 9.17) is 5.11 Å². The van der Waals surface area contributed by atoms with Crippen molar-refractivity contribution >= 4 is 23.8 Å². The second-order valence-corrected chi connectivity index (χ2v) is 7.08. The summed E-state index contributed by atoms with van der Waals surface area (Å²) in [5.74, 6) is -0.839. The molecule has 1 fully saturated rings. The molecule has 2 N–H and O–H groups in total. The van der Waals surface area contributed by atoms with Crippen LogP contribution in [0.1, 0.15) is 39.5 Å². The van der Waals surface area contributed by atoms with E-state index in [1.165, 1.54) is 0 Å². The molecule has 1 aliphatic rings. The lowest BCUT2D eigenvalue weighted by atomic mass is 10.00. The molecule has 0 aromatic carbocycles. The van der Waals surface area contributed by atoms with Gasteiger partial charge in [-0.2, -0.15) is 11.8 Å². The largest absolute Gasteiger partial charge is 0.481 e. The lowest BCUT2D eigenvalue weighted by Gasteiger charge is -2.35. The second-order valence-electron chi connectivity index (χ2n) is 5.56. The molecule has 19 heavy (non-hydrogen) atoms. The number of urea groups is 1. The maximum atomic E-state index is 12.2. The Hall–Kier alpha value is -0.910. The van der Waals surface area contributed by atoms with Gasteiger partial charge in [0.25, 0.3) is 0 Å². The number of carbonyl (C=O) groups is 2. The summed E-state index contributed by atoms with van der Waals surface area (Å²) >= 11 is 1.70. The molecule has 1 saturated heterocycles. The van der Waals surface area contributed by atoms with Gasteiger partial charge in [0.2, 0.25) is 0 Å². The van der Waals surface area contributed by atoms with Crippen molar-refractivity contribution in [2.24, 2.45) is 0 Å². The topological polar surface area (TPSA) is 69.6 Å². The average Bonchev–Trinajstić information content (AvgIpc) is 2.36. The van der Waals surface area contributed by atoms with Gasteiger partial charge in [0, 0.05) is 23.9 Å². The van der Waals surface area contributed by atoms with E-state index in [2.05, 4.69) is 19.2 Å². The molecular weight excluding hydrogens is 264 g/mol. The quantitative estimate of drug-likeness (QED) is 0.813. The van der Waals surface area contributed by atoms with Crippen LogP contribution in [0, 0.1) is 0 Å². The average molecular weight is 288 g/mol. The molecule has 0 aliphatic carbocycles. The minimum absolute atomic E-state index is 0.00621. The van der Waals surface area contributed by atoms with Crippen molar-refractivity contribution in [1.29, 1.82) is 0 Å². The number of rotatable bonds is 5. The minimum Gasteiger partial charge on any atom is -0.481 e. The summed E-state index contributed by atoms with van der Waals surface area (Å²) in [5, 5.41) is 11.8. The predicted molar refractivity (Wildman–Crippen MR) is 77.6 cm³/mol. The molecule has 6 heteroatoms. The zero-order valence-electron chi connectivity index (χ0n) is 11.9. The monoisotopic (exact) mass is 288 g/mol. The number of aliphatic carboxylic acids is 1. The summed E-state index contributed by atoms with van der Waals surface area (Å²) in [4.78, 5) is 24.7. The highest BCUT2D eigenvalue weighted by atomic mass is 32.2. The first-order chi connectivity index (χ1) is 8.85. The number of amides is 2. The molecule has 0 aromatic rings. The van der Waals surface area contributed by atoms with Crippen molar-refractivity contribution in [3.63, 3.8) is 0 Å². The molecule has 1 heterocycles. The van der Waals surface area contributed by atoms with Crippen molar-refractivity contribution in [2.45, 2.75) is 50.3 Å². The van der Waals surface area contributed by atoms with Crippen LogP contribution in [-0.2, 0) is 4.79 Å². The molecule has 2 amide bonds. The van der Waals surface area contributed by atoms with E-state index >= 15 is 0 Å². The third kappa shape index (κ3) is 5.30. The zero-order valence-corrected chi connectivity index (χ0v) is 12.8. The van der Waals surface area contributed by atoms with Gasteiger partial charge in [0.05, 0.1) is 6.42 Å². The predicted octanol–water partition coefficient (Wildman–Crippen LogP) is 2.17. The van der Waals surface area contributed by atoms with Crippen LogP contribution in [0.2, 0.25) is 0 Å². The number of nitrogens with one attached hydrogen (secondary N) is 1. The molecule has 1 rings (SSSR count). The van der Waals surface area contributed by atoms with Crippen molar-refractivity contribution in [2.75, 3.05) is 19.3 Å². The van der Waals surface area contributed by atoms with E-state index in [0.29, 0.717) is 13.1 Å². The number of thioether (sulfide) groups is 1. The highest BCUT2D eigenvalue weighted by Crippen LogP contribution is 2.22. The van der Waals surface area contributed by atoms with E-state index in [1.54, 1.807) is 16.7 Å². The fourth-order valence-electron chi connectivity index (χ4n) is 2.14. The van der Waals surface area contributed by atoms with Gasteiger partial charge < -0.3 is 15.3 Å². The summed E-state index contributed by atoms with van der Waals surface area (Å²) in [5.41, 5.74) is 0. The zero-order chi connectivity index (χ0) is 14.5. The van der Waals surface area contributed by atoms with Gasteiger partial charge in [-0.1, -0.05) is 0 Å². The first kappa shape index (κ1) is 16.1. The number of carboxylic acid groups (broad SMARTS) is 1. The van der Waals surface area contributed by atoms with Crippen LogP contribution >= 0.6 is 11.8 Å². The maximum Gasteiger partial charge on any atom is 0.317 e. The van der Waals surface area contributed by atoms with Gasteiger partial charge in [0.15, 0.2) is 0 Å². The highest BCUT2D eigenvalue weighted by molar-refractivity contribution is 7.99. The van der Waals surface area contributed by atoms with Crippen molar-refractivity contribution in [3.8, 4) is 0 Å². The fraction of sp³-hybridized carbons (Fsp3) is 0.846. The Labute approximate surface area is 119 Å². The lowest BCUT2D eigenvalue weighted by Crippen LogP contribution is -2.51. The number of piperidine rings is 1. The standard InChI is InChI=1S/C13H24N2O3S/c1-13(2,19-3)9-14-12(18)15-7-5-4-6-10(15)8-11(16)17/h10H,4-9H2,1-3H3,(H,14,18)(H,16,17). The van der Waals surface area contributed by atoms with Crippen molar-refractivity contribution < 1.29 is 14.7 Å². The first-order valence-corrected chi connectivity index (χ1v) is 7.89. The third-order valence-electron chi connectivity index (χ3n) is 3.52. The molecule has 0 radical (unpaired) electrons. The molecule has 0 saturated carbocycles. The van der Waals surface area contributed by atoms with Crippen LogP contribution in [0.3, 0.4) is 0 Å². The van der Waals surface area contributed by atoms with Crippen molar-refractivity contribution in [1.82, 2.24) is 10.2 Å². The second kappa shape index (κ2) is 7.03. The Morgan fingerprint density at radius 3 is 2.68 bits per heavy atom. The van der Waals surface area contributed by atoms with Gasteiger partial charge in [-0.15, -0.1) is 0 Å². The number of hydrogen-bond acceptors (Lipinski definition) is 3. The molecule has 1 aliphatic heterocycles. The molecule has 1 unspecified atom stereocenters. The van der Waals surface area contributed by atoms with Crippen LogP contribution in [0.15, 0.2) is 0 Å². The Bertz CT molecular complexity index is 334. The number of hydrogen-bond donors (Lipinski definition) is 2. The van der Waals surface area contributed by atoms with Gasteiger partial charge in [0.1, 0.15) is 0 Å². The minimum atomic E-state index is -0.839. The van der Waals surface area contributed by atoms with E-state index < -0.39 is 5.97 Å². The highest BCUT2D eigenvalue weighted by Gasteiger charge is 2.29. The van der Waals surface area contributed by atoms with E-state index in [9.17, 15) is 9.59 Å². The third-order valence-corrected chi connectivity index (χ3v) is 4.77. The van der Waals surface area contributed by atoms with Crippen LogP contribution in [0.4, 0.5) is 4.79 Å². The lowest BCUT2D eigenvalue weighted by molar-refractivity contribution is -0.138. The SMILES string of the molecule is CSC(C)(C)CNC(=O)N1CCCCC1CC(=O)O. The molecule has 1 atom stereocenters. The Morgan fingerprint density at radius 2 is 2.11 bits per heavy atom.